The van der Waals surface area contributed by atoms with E-state index in [0.29, 0.717) is 11.0 Å². The summed E-state index contributed by atoms with van der Waals surface area (Å²) in [6.45, 7) is 1.42. The van der Waals surface area contributed by atoms with Crippen molar-refractivity contribution >= 4 is 28.2 Å². The van der Waals surface area contributed by atoms with E-state index < -0.39 is 33.5 Å². The number of hydrogen-bond acceptors (Lipinski definition) is 2. The number of hydrogen-bond donors (Lipinski definition) is 0. The highest BCUT2D eigenvalue weighted by Gasteiger charge is 2.26. The normalized spacial score (nSPS) is 13.7. The lowest BCUT2D eigenvalue weighted by Crippen LogP contribution is -2.24. The second-order valence-corrected chi connectivity index (χ2v) is 6.51. The second-order valence-electron chi connectivity index (χ2n) is 4.36. The molecule has 0 saturated carbocycles. The van der Waals surface area contributed by atoms with Gasteiger partial charge in [-0.25, -0.2) is 8.78 Å². The standard InChI is InChI=1S/C15H11ClF2O2S/c1-9(21(20)14-5-3-2-4-12(14)16)15(19)11-7-6-10(17)8-13(11)18/h2-9H,1H3. The van der Waals surface area contributed by atoms with Crippen LogP contribution in [0, 0.1) is 11.6 Å². The van der Waals surface area contributed by atoms with Crippen molar-refractivity contribution in [3.63, 3.8) is 0 Å². The second kappa shape index (κ2) is 6.45. The Bertz CT molecular complexity index is 719. The van der Waals surface area contributed by atoms with Crippen molar-refractivity contribution in [3.8, 4) is 0 Å². The van der Waals surface area contributed by atoms with Gasteiger partial charge >= 0.3 is 0 Å². The summed E-state index contributed by atoms with van der Waals surface area (Å²) >= 11 is 5.94. The van der Waals surface area contributed by atoms with Crippen molar-refractivity contribution in [2.24, 2.45) is 0 Å². The van der Waals surface area contributed by atoms with Gasteiger partial charge in [0.2, 0.25) is 0 Å². The Morgan fingerprint density at radius 1 is 1.19 bits per heavy atom. The molecule has 0 spiro atoms. The Balaban J connectivity index is 2.31. The van der Waals surface area contributed by atoms with E-state index in [1.165, 1.54) is 6.92 Å². The fourth-order valence-electron chi connectivity index (χ4n) is 1.80. The quantitative estimate of drug-likeness (QED) is 0.795. The summed E-state index contributed by atoms with van der Waals surface area (Å²) < 4.78 is 38.8. The Hall–Kier alpha value is -1.59. The van der Waals surface area contributed by atoms with Gasteiger partial charge in [0.1, 0.15) is 11.6 Å². The molecule has 21 heavy (non-hydrogen) atoms. The molecular formula is C15H11ClF2O2S. The van der Waals surface area contributed by atoms with Crippen LogP contribution in [0.3, 0.4) is 0 Å². The molecular weight excluding hydrogens is 318 g/mol. The summed E-state index contributed by atoms with van der Waals surface area (Å²) in [5, 5.41) is -0.722. The lowest BCUT2D eigenvalue weighted by molar-refractivity contribution is 0.0988. The van der Waals surface area contributed by atoms with Gasteiger partial charge < -0.3 is 0 Å². The van der Waals surface area contributed by atoms with Crippen LogP contribution >= 0.6 is 11.6 Å². The topological polar surface area (TPSA) is 34.1 Å². The molecule has 2 rings (SSSR count). The van der Waals surface area contributed by atoms with E-state index in [4.69, 9.17) is 11.6 Å². The van der Waals surface area contributed by atoms with Crippen molar-refractivity contribution < 1.29 is 17.8 Å². The SMILES string of the molecule is CC(C(=O)c1ccc(F)cc1F)S(=O)c1ccccc1Cl. The van der Waals surface area contributed by atoms with E-state index >= 15 is 0 Å². The molecule has 2 nitrogen and oxygen atoms in total. The third-order valence-corrected chi connectivity index (χ3v) is 5.03. The highest BCUT2D eigenvalue weighted by Crippen LogP contribution is 2.23. The van der Waals surface area contributed by atoms with Crippen LogP contribution in [-0.2, 0) is 10.8 Å². The van der Waals surface area contributed by atoms with Gasteiger partial charge in [0.05, 0.1) is 31.5 Å². The minimum atomic E-state index is -1.73. The summed E-state index contributed by atoms with van der Waals surface area (Å²) in [7, 11) is -1.73. The molecule has 0 saturated heterocycles. The lowest BCUT2D eigenvalue weighted by Gasteiger charge is -2.12. The largest absolute Gasteiger partial charge is 0.293 e. The van der Waals surface area contributed by atoms with Gasteiger partial charge in [0.15, 0.2) is 5.78 Å². The zero-order valence-electron chi connectivity index (χ0n) is 11.0. The van der Waals surface area contributed by atoms with Crippen molar-refractivity contribution in [1.82, 2.24) is 0 Å². The van der Waals surface area contributed by atoms with E-state index in [0.717, 1.165) is 12.1 Å². The summed E-state index contributed by atoms with van der Waals surface area (Å²) in [6.07, 6.45) is 0. The van der Waals surface area contributed by atoms with E-state index in [1.807, 2.05) is 0 Å². The molecule has 0 heterocycles. The first-order valence-electron chi connectivity index (χ1n) is 6.06. The molecule has 0 fully saturated rings. The van der Waals surface area contributed by atoms with Crippen molar-refractivity contribution in [3.05, 3.63) is 64.7 Å². The monoisotopic (exact) mass is 328 g/mol. The van der Waals surface area contributed by atoms with E-state index in [2.05, 4.69) is 0 Å². The summed E-state index contributed by atoms with van der Waals surface area (Å²) in [6, 6.07) is 9.09. The maximum absolute atomic E-state index is 13.6. The molecule has 6 heteroatoms. The number of halogens is 3. The Morgan fingerprint density at radius 2 is 1.86 bits per heavy atom. The van der Waals surface area contributed by atoms with Crippen molar-refractivity contribution in [2.45, 2.75) is 17.1 Å². The minimum absolute atomic E-state index is 0.273. The molecule has 2 unspecified atom stereocenters. The van der Waals surface area contributed by atoms with Crippen LogP contribution < -0.4 is 0 Å². The average Bonchev–Trinajstić information content (AvgIpc) is 2.45. The maximum Gasteiger partial charge on any atom is 0.181 e. The van der Waals surface area contributed by atoms with Gasteiger partial charge in [-0.05, 0) is 31.2 Å². The average molecular weight is 329 g/mol. The third kappa shape index (κ3) is 3.36. The fraction of sp³-hybridized carbons (Fsp3) is 0.133. The van der Waals surface area contributed by atoms with Gasteiger partial charge in [0, 0.05) is 6.07 Å². The molecule has 2 aromatic rings. The van der Waals surface area contributed by atoms with Crippen molar-refractivity contribution in [1.29, 1.82) is 0 Å². The fourth-order valence-corrected chi connectivity index (χ4v) is 3.34. The summed E-state index contributed by atoms with van der Waals surface area (Å²) in [5.41, 5.74) is -0.288. The van der Waals surface area contributed by atoms with E-state index in [9.17, 15) is 17.8 Å². The summed E-state index contributed by atoms with van der Waals surface area (Å²) in [4.78, 5) is 12.5. The van der Waals surface area contributed by atoms with Gasteiger partial charge in [-0.15, -0.1) is 0 Å². The van der Waals surface area contributed by atoms with Gasteiger partial charge in [-0.1, -0.05) is 23.7 Å². The Labute approximate surface area is 128 Å². The molecule has 0 aromatic heterocycles. The third-order valence-electron chi connectivity index (χ3n) is 2.94. The Kier molecular flexibility index (Phi) is 4.85. The van der Waals surface area contributed by atoms with Crippen LogP contribution in [0.25, 0.3) is 0 Å². The first kappa shape index (κ1) is 15.8. The number of carbonyl (C=O) groups is 1. The first-order chi connectivity index (χ1) is 9.91. The first-order valence-corrected chi connectivity index (χ1v) is 7.65. The van der Waals surface area contributed by atoms with Crippen LogP contribution in [0.15, 0.2) is 47.4 Å². The number of Topliss-reactive ketones (excluding diaryl/α,β-unsaturated/α-hetero) is 1. The van der Waals surface area contributed by atoms with Gasteiger partial charge in [0.25, 0.3) is 0 Å². The predicted molar refractivity (Wildman–Crippen MR) is 78.0 cm³/mol. The molecule has 0 N–H and O–H groups in total. The summed E-state index contributed by atoms with van der Waals surface area (Å²) in [5.74, 6) is -2.40. The Morgan fingerprint density at radius 3 is 2.48 bits per heavy atom. The molecule has 0 amide bonds. The zero-order valence-corrected chi connectivity index (χ0v) is 12.5. The number of ketones is 1. The highest BCUT2D eigenvalue weighted by atomic mass is 35.5. The van der Waals surface area contributed by atoms with Gasteiger partial charge in [-0.3, -0.25) is 9.00 Å². The van der Waals surface area contributed by atoms with Crippen LogP contribution in [0.5, 0.6) is 0 Å². The number of carbonyl (C=O) groups excluding carboxylic acids is 1. The molecule has 2 atom stereocenters. The molecule has 0 radical (unpaired) electrons. The van der Waals surface area contributed by atoms with Crippen LogP contribution in [0.1, 0.15) is 17.3 Å². The lowest BCUT2D eigenvalue weighted by atomic mass is 10.1. The molecule has 0 aliphatic heterocycles. The van der Waals surface area contributed by atoms with E-state index in [1.54, 1.807) is 24.3 Å². The van der Waals surface area contributed by atoms with Crippen molar-refractivity contribution in [2.75, 3.05) is 0 Å². The molecule has 2 aromatic carbocycles. The smallest absolute Gasteiger partial charge is 0.181 e. The van der Waals surface area contributed by atoms with Crippen LogP contribution in [-0.4, -0.2) is 15.2 Å². The number of rotatable bonds is 4. The van der Waals surface area contributed by atoms with Gasteiger partial charge in [-0.2, -0.15) is 0 Å². The van der Waals surface area contributed by atoms with E-state index in [-0.39, 0.29) is 10.6 Å². The molecule has 0 aliphatic carbocycles. The van der Waals surface area contributed by atoms with Crippen LogP contribution in [0.2, 0.25) is 5.02 Å². The predicted octanol–water partition coefficient (Wildman–Crippen LogP) is 4.00. The number of benzene rings is 2. The molecule has 0 aliphatic rings. The zero-order chi connectivity index (χ0) is 15.6. The molecule has 0 bridgehead atoms. The molecule has 110 valence electrons. The maximum atomic E-state index is 13.6. The van der Waals surface area contributed by atoms with Crippen LogP contribution in [0.4, 0.5) is 8.78 Å². The minimum Gasteiger partial charge on any atom is -0.293 e. The highest BCUT2D eigenvalue weighted by molar-refractivity contribution is 7.86.